The van der Waals surface area contributed by atoms with Crippen LogP contribution in [0.3, 0.4) is 0 Å². The number of nitrogens with one attached hydrogen (secondary N) is 1. The molecule has 0 aliphatic carbocycles. The van der Waals surface area contributed by atoms with Gasteiger partial charge in [-0.05, 0) is 6.07 Å². The van der Waals surface area contributed by atoms with Crippen molar-refractivity contribution < 1.29 is 4.74 Å². The van der Waals surface area contributed by atoms with Crippen LogP contribution in [0.1, 0.15) is 4.88 Å². The summed E-state index contributed by atoms with van der Waals surface area (Å²) in [4.78, 5) is 8.82. The molecule has 0 bridgehead atoms. The molecule has 7 heteroatoms. The molecule has 0 amide bonds. The maximum Gasteiger partial charge on any atom is 0.281 e. The van der Waals surface area contributed by atoms with Crippen LogP contribution in [-0.2, 0) is 0 Å². The van der Waals surface area contributed by atoms with Crippen molar-refractivity contribution in [1.82, 2.24) is 20.2 Å². The minimum atomic E-state index is 0.381. The van der Waals surface area contributed by atoms with Gasteiger partial charge in [0, 0.05) is 24.0 Å². The minimum absolute atomic E-state index is 0.381. The van der Waals surface area contributed by atoms with Crippen molar-refractivity contribution in [2.75, 3.05) is 0 Å². The Labute approximate surface area is 112 Å². The summed E-state index contributed by atoms with van der Waals surface area (Å²) in [5, 5.41) is 16.0. The number of hydrogen-bond acceptors (Lipinski definition) is 6. The summed E-state index contributed by atoms with van der Waals surface area (Å²) >= 11 is 1.18. The second-order valence-electron chi connectivity index (χ2n) is 3.53. The van der Waals surface area contributed by atoms with E-state index < -0.39 is 0 Å². The number of nitriles is 1. The summed E-state index contributed by atoms with van der Waals surface area (Å²) in [6.45, 7) is 0. The van der Waals surface area contributed by atoms with Gasteiger partial charge in [-0.25, -0.2) is 9.97 Å². The Kier molecular flexibility index (Phi) is 2.92. The third-order valence-electron chi connectivity index (χ3n) is 2.31. The average molecular weight is 269 g/mol. The molecule has 0 fully saturated rings. The summed E-state index contributed by atoms with van der Waals surface area (Å²) in [6, 6.07) is 7.45. The molecule has 3 aromatic rings. The highest BCUT2D eigenvalue weighted by Crippen LogP contribution is 2.33. The molecule has 0 aromatic carbocycles. The summed E-state index contributed by atoms with van der Waals surface area (Å²) in [5.74, 6) is 0.444. The Morgan fingerprint density at radius 2 is 2.32 bits per heavy atom. The highest BCUT2D eigenvalue weighted by atomic mass is 32.1. The maximum absolute atomic E-state index is 9.12. The number of ether oxygens (including phenoxy) is 1. The van der Waals surface area contributed by atoms with E-state index in [9.17, 15) is 0 Å². The number of nitrogens with zero attached hydrogens (tertiary/aromatic N) is 4. The number of hydrogen-bond donors (Lipinski definition) is 1. The largest absolute Gasteiger partial charge is 0.412 e. The van der Waals surface area contributed by atoms with Crippen molar-refractivity contribution in [2.24, 2.45) is 0 Å². The zero-order valence-electron chi connectivity index (χ0n) is 9.57. The molecular formula is C12H7N5OS. The van der Waals surface area contributed by atoms with Crippen LogP contribution in [0.15, 0.2) is 36.8 Å². The molecule has 0 aliphatic heterocycles. The first kappa shape index (κ1) is 11.4. The molecule has 3 heterocycles. The number of aromatic amines is 1. The summed E-state index contributed by atoms with van der Waals surface area (Å²) < 4.78 is 5.51. The lowest BCUT2D eigenvalue weighted by molar-refractivity contribution is 0.460. The van der Waals surface area contributed by atoms with Crippen molar-refractivity contribution in [3.8, 4) is 28.4 Å². The smallest absolute Gasteiger partial charge is 0.281 e. The lowest BCUT2D eigenvalue weighted by Gasteiger charge is -1.97. The Hall–Kier alpha value is -2.72. The van der Waals surface area contributed by atoms with Crippen LogP contribution >= 0.6 is 11.3 Å². The fourth-order valence-electron chi connectivity index (χ4n) is 1.49. The van der Waals surface area contributed by atoms with Crippen molar-refractivity contribution in [3.63, 3.8) is 0 Å². The van der Waals surface area contributed by atoms with Gasteiger partial charge in [-0.2, -0.15) is 10.4 Å². The number of H-pyrrole nitrogens is 1. The lowest BCUT2D eigenvalue weighted by Crippen LogP contribution is -1.85. The van der Waals surface area contributed by atoms with Crippen LogP contribution in [0.4, 0.5) is 0 Å². The normalized spacial score (nSPS) is 10.1. The Morgan fingerprint density at radius 3 is 3.00 bits per heavy atom. The summed E-state index contributed by atoms with van der Waals surface area (Å²) in [5.41, 5.74) is 1.32. The predicted octanol–water partition coefficient (Wildman–Crippen LogP) is 2.59. The molecule has 3 aromatic heterocycles. The van der Waals surface area contributed by atoms with Gasteiger partial charge < -0.3 is 4.74 Å². The van der Waals surface area contributed by atoms with E-state index in [4.69, 9.17) is 10.00 Å². The highest BCUT2D eigenvalue weighted by molar-refractivity contribution is 7.14. The van der Waals surface area contributed by atoms with Crippen LogP contribution in [-0.4, -0.2) is 20.2 Å². The van der Waals surface area contributed by atoms with E-state index in [-0.39, 0.29) is 0 Å². The summed E-state index contributed by atoms with van der Waals surface area (Å²) in [7, 11) is 0. The number of rotatable bonds is 3. The molecule has 19 heavy (non-hydrogen) atoms. The van der Waals surface area contributed by atoms with Gasteiger partial charge in [0.05, 0.1) is 6.20 Å². The molecular weight excluding hydrogens is 262 g/mol. The van der Waals surface area contributed by atoms with E-state index in [2.05, 4.69) is 26.2 Å². The molecule has 0 unspecified atom stereocenters. The number of aromatic nitrogens is 4. The predicted molar refractivity (Wildman–Crippen MR) is 68.7 cm³/mol. The standard InChI is InChI=1S/C12H7N5OS/c13-5-9-11(8-6-15-16-7-8)17-12(19-9)18-10-3-1-2-4-14-10/h1-4,6-7H,(H,15,16). The van der Waals surface area contributed by atoms with Crippen LogP contribution in [0.2, 0.25) is 0 Å². The van der Waals surface area contributed by atoms with Gasteiger partial charge in [-0.1, -0.05) is 17.4 Å². The van der Waals surface area contributed by atoms with Gasteiger partial charge in [0.15, 0.2) is 0 Å². The maximum atomic E-state index is 9.12. The Bertz CT molecular complexity index is 714. The van der Waals surface area contributed by atoms with Crippen LogP contribution in [0, 0.1) is 11.3 Å². The number of thiazole rings is 1. The van der Waals surface area contributed by atoms with E-state index in [0.29, 0.717) is 21.6 Å². The first-order valence-electron chi connectivity index (χ1n) is 5.36. The minimum Gasteiger partial charge on any atom is -0.412 e. The SMILES string of the molecule is N#Cc1sc(Oc2ccccn2)nc1-c1cn[nH]c1. The van der Waals surface area contributed by atoms with Gasteiger partial charge in [0.1, 0.15) is 16.6 Å². The molecule has 92 valence electrons. The first-order valence-corrected chi connectivity index (χ1v) is 6.17. The van der Waals surface area contributed by atoms with E-state index in [1.165, 1.54) is 11.3 Å². The molecule has 0 aliphatic rings. The Morgan fingerprint density at radius 1 is 1.37 bits per heavy atom. The number of pyridine rings is 1. The van der Waals surface area contributed by atoms with Crippen molar-refractivity contribution in [2.45, 2.75) is 0 Å². The zero-order chi connectivity index (χ0) is 13.1. The van der Waals surface area contributed by atoms with Crippen molar-refractivity contribution in [3.05, 3.63) is 41.7 Å². The fourth-order valence-corrected chi connectivity index (χ4v) is 2.24. The molecule has 6 nitrogen and oxygen atoms in total. The highest BCUT2D eigenvalue weighted by Gasteiger charge is 2.15. The molecule has 1 N–H and O–H groups in total. The molecule has 0 saturated heterocycles. The van der Waals surface area contributed by atoms with E-state index in [1.54, 1.807) is 30.7 Å². The van der Waals surface area contributed by atoms with Crippen molar-refractivity contribution in [1.29, 1.82) is 5.26 Å². The quantitative estimate of drug-likeness (QED) is 0.789. The van der Waals surface area contributed by atoms with Gasteiger partial charge >= 0.3 is 0 Å². The fraction of sp³-hybridized carbons (Fsp3) is 0. The molecule has 0 radical (unpaired) electrons. The second kappa shape index (κ2) is 4.88. The van der Waals surface area contributed by atoms with E-state index in [0.717, 1.165) is 5.56 Å². The topological polar surface area (TPSA) is 87.5 Å². The molecule has 0 saturated carbocycles. The van der Waals surface area contributed by atoms with E-state index >= 15 is 0 Å². The van der Waals surface area contributed by atoms with Crippen LogP contribution in [0.5, 0.6) is 11.1 Å². The van der Waals surface area contributed by atoms with Gasteiger partial charge in [0.2, 0.25) is 5.88 Å². The third-order valence-corrected chi connectivity index (χ3v) is 3.15. The third kappa shape index (κ3) is 2.29. The molecule has 0 atom stereocenters. The monoisotopic (exact) mass is 269 g/mol. The molecule has 3 rings (SSSR count). The lowest BCUT2D eigenvalue weighted by atomic mass is 10.2. The Balaban J connectivity index is 1.95. The van der Waals surface area contributed by atoms with Crippen molar-refractivity contribution >= 4 is 11.3 Å². The van der Waals surface area contributed by atoms with Crippen LogP contribution in [0.25, 0.3) is 11.3 Å². The molecule has 0 spiro atoms. The van der Waals surface area contributed by atoms with Gasteiger partial charge in [0.25, 0.3) is 5.19 Å². The first-order chi connectivity index (χ1) is 9.36. The van der Waals surface area contributed by atoms with Gasteiger partial charge in [-0.3, -0.25) is 5.10 Å². The second-order valence-corrected chi connectivity index (χ2v) is 4.49. The zero-order valence-corrected chi connectivity index (χ0v) is 10.4. The average Bonchev–Trinajstić information content (AvgIpc) is 3.08. The van der Waals surface area contributed by atoms with E-state index in [1.807, 2.05) is 6.07 Å². The van der Waals surface area contributed by atoms with Gasteiger partial charge in [-0.15, -0.1) is 0 Å². The summed E-state index contributed by atoms with van der Waals surface area (Å²) in [6.07, 6.45) is 4.92. The van der Waals surface area contributed by atoms with Crippen LogP contribution < -0.4 is 4.74 Å².